The van der Waals surface area contributed by atoms with Crippen molar-refractivity contribution in [1.82, 2.24) is 5.01 Å². The van der Waals surface area contributed by atoms with E-state index >= 15 is 0 Å². The zero-order valence-corrected chi connectivity index (χ0v) is 14.1. The van der Waals surface area contributed by atoms with Crippen LogP contribution < -0.4 is 0 Å². The number of nitro groups is 1. The molecular formula is C16H12BrN3O4. The molecule has 122 valence electrons. The van der Waals surface area contributed by atoms with Gasteiger partial charge >= 0.3 is 0 Å². The summed E-state index contributed by atoms with van der Waals surface area (Å²) in [5.74, 6) is 0.0261. The number of rotatable bonds is 3. The fourth-order valence-corrected chi connectivity index (χ4v) is 2.68. The van der Waals surface area contributed by atoms with E-state index in [1.54, 1.807) is 12.1 Å². The van der Waals surface area contributed by atoms with Crippen molar-refractivity contribution in [2.24, 2.45) is 5.10 Å². The number of carbonyl (C=O) groups excluding carboxylic acids is 1. The van der Waals surface area contributed by atoms with Gasteiger partial charge in [-0.25, -0.2) is 0 Å². The quantitative estimate of drug-likeness (QED) is 0.592. The van der Waals surface area contributed by atoms with Crippen LogP contribution in [-0.2, 0) is 9.53 Å². The molecule has 24 heavy (non-hydrogen) atoms. The molecule has 8 heteroatoms. The van der Waals surface area contributed by atoms with Crippen LogP contribution in [0.3, 0.4) is 0 Å². The van der Waals surface area contributed by atoms with Gasteiger partial charge in [-0.1, -0.05) is 22.0 Å². The standard InChI is InChI=1S/C16H12BrN3O4/c1-10(21)19-16(11-5-7-14(8-6-11)20(22)23)24-15(18-19)12-3-2-4-13(17)9-12/h2-9,16H,1H3. The molecule has 0 N–H and O–H groups in total. The van der Waals surface area contributed by atoms with Crippen LogP contribution in [0.5, 0.6) is 0 Å². The number of nitrogens with zero attached hydrogens (tertiary/aromatic N) is 3. The first-order chi connectivity index (χ1) is 11.5. The van der Waals surface area contributed by atoms with Crippen LogP contribution in [0.1, 0.15) is 24.3 Å². The molecule has 0 spiro atoms. The first kappa shape index (κ1) is 16.1. The fraction of sp³-hybridized carbons (Fsp3) is 0.125. The smallest absolute Gasteiger partial charge is 0.269 e. The minimum atomic E-state index is -0.753. The largest absolute Gasteiger partial charge is 0.446 e. The number of hydrogen-bond donors (Lipinski definition) is 0. The number of nitro benzene ring substituents is 1. The summed E-state index contributed by atoms with van der Waals surface area (Å²) in [7, 11) is 0. The number of halogens is 1. The summed E-state index contributed by atoms with van der Waals surface area (Å²) in [5.41, 5.74) is 1.30. The third-order valence-electron chi connectivity index (χ3n) is 3.43. The van der Waals surface area contributed by atoms with Gasteiger partial charge in [0.05, 0.1) is 4.92 Å². The molecular weight excluding hydrogens is 378 g/mol. The first-order valence-corrected chi connectivity index (χ1v) is 7.80. The van der Waals surface area contributed by atoms with Gasteiger partial charge in [-0.2, -0.15) is 5.01 Å². The second-order valence-corrected chi connectivity index (χ2v) is 6.01. The summed E-state index contributed by atoms with van der Waals surface area (Å²) in [6.45, 7) is 1.38. The van der Waals surface area contributed by atoms with E-state index in [-0.39, 0.29) is 11.6 Å². The average molecular weight is 390 g/mol. The molecule has 0 aromatic heterocycles. The lowest BCUT2D eigenvalue weighted by Crippen LogP contribution is -2.25. The van der Waals surface area contributed by atoms with Gasteiger partial charge in [0.25, 0.3) is 5.69 Å². The molecule has 0 aliphatic carbocycles. The molecule has 0 saturated heterocycles. The van der Waals surface area contributed by atoms with Crippen LogP contribution in [0.15, 0.2) is 58.1 Å². The summed E-state index contributed by atoms with van der Waals surface area (Å²) in [4.78, 5) is 22.1. The van der Waals surface area contributed by atoms with Gasteiger partial charge < -0.3 is 4.74 Å². The molecule has 1 aliphatic rings. The van der Waals surface area contributed by atoms with E-state index in [9.17, 15) is 14.9 Å². The van der Waals surface area contributed by atoms with Crippen molar-refractivity contribution in [1.29, 1.82) is 0 Å². The molecule has 3 rings (SSSR count). The van der Waals surface area contributed by atoms with Crippen LogP contribution in [0, 0.1) is 10.1 Å². The zero-order valence-electron chi connectivity index (χ0n) is 12.5. The van der Waals surface area contributed by atoms with Gasteiger partial charge in [0, 0.05) is 34.7 Å². The van der Waals surface area contributed by atoms with E-state index in [1.165, 1.54) is 24.1 Å². The maximum atomic E-state index is 11.9. The Morgan fingerprint density at radius 3 is 2.58 bits per heavy atom. The van der Waals surface area contributed by atoms with Gasteiger partial charge in [0.15, 0.2) is 0 Å². The molecule has 1 amide bonds. The molecule has 0 fully saturated rings. The van der Waals surface area contributed by atoms with E-state index in [4.69, 9.17) is 4.74 Å². The van der Waals surface area contributed by atoms with E-state index in [0.717, 1.165) is 10.0 Å². The summed E-state index contributed by atoms with van der Waals surface area (Å²) in [5, 5.41) is 16.2. The normalized spacial score (nSPS) is 16.5. The van der Waals surface area contributed by atoms with Crippen molar-refractivity contribution >= 4 is 33.4 Å². The Morgan fingerprint density at radius 2 is 2.00 bits per heavy atom. The third-order valence-corrected chi connectivity index (χ3v) is 3.92. The number of hydrogen-bond acceptors (Lipinski definition) is 5. The van der Waals surface area contributed by atoms with Gasteiger partial charge in [0.1, 0.15) is 0 Å². The summed E-state index contributed by atoms with van der Waals surface area (Å²) >= 11 is 3.38. The Labute approximate surface area is 145 Å². The van der Waals surface area contributed by atoms with Crippen molar-refractivity contribution in [2.75, 3.05) is 0 Å². The summed E-state index contributed by atoms with van der Waals surface area (Å²) in [6.07, 6.45) is -0.753. The van der Waals surface area contributed by atoms with E-state index in [1.807, 2.05) is 24.3 Å². The van der Waals surface area contributed by atoms with Crippen LogP contribution >= 0.6 is 15.9 Å². The Kier molecular flexibility index (Phi) is 4.30. The Bertz CT molecular complexity index is 835. The summed E-state index contributed by atoms with van der Waals surface area (Å²) in [6, 6.07) is 13.2. The minimum absolute atomic E-state index is 0.0285. The highest BCUT2D eigenvalue weighted by Gasteiger charge is 2.33. The number of non-ortho nitro benzene ring substituents is 1. The van der Waals surface area contributed by atoms with Gasteiger partial charge in [-0.3, -0.25) is 14.9 Å². The number of ether oxygens (including phenoxy) is 1. The Hall–Kier alpha value is -2.74. The number of benzene rings is 2. The Morgan fingerprint density at radius 1 is 1.29 bits per heavy atom. The van der Waals surface area contributed by atoms with Gasteiger partial charge in [-0.15, -0.1) is 5.10 Å². The van der Waals surface area contributed by atoms with Crippen LogP contribution in [0.25, 0.3) is 0 Å². The number of hydrazone groups is 1. The molecule has 1 heterocycles. The van der Waals surface area contributed by atoms with E-state index < -0.39 is 11.2 Å². The van der Waals surface area contributed by atoms with Crippen molar-refractivity contribution < 1.29 is 14.5 Å². The predicted octanol–water partition coefficient (Wildman–Crippen LogP) is 3.60. The minimum Gasteiger partial charge on any atom is -0.446 e. The highest BCUT2D eigenvalue weighted by molar-refractivity contribution is 9.10. The topological polar surface area (TPSA) is 85.0 Å². The van der Waals surface area contributed by atoms with Crippen molar-refractivity contribution in [3.63, 3.8) is 0 Å². The lowest BCUT2D eigenvalue weighted by Gasteiger charge is -2.19. The molecule has 0 radical (unpaired) electrons. The molecule has 0 saturated carbocycles. The monoisotopic (exact) mass is 389 g/mol. The van der Waals surface area contributed by atoms with Crippen molar-refractivity contribution in [3.8, 4) is 0 Å². The number of amides is 1. The zero-order chi connectivity index (χ0) is 17.3. The first-order valence-electron chi connectivity index (χ1n) is 7.01. The fourth-order valence-electron chi connectivity index (χ4n) is 2.28. The molecule has 0 bridgehead atoms. The van der Waals surface area contributed by atoms with Crippen molar-refractivity contribution in [2.45, 2.75) is 13.2 Å². The predicted molar refractivity (Wildman–Crippen MR) is 90.1 cm³/mol. The lowest BCUT2D eigenvalue weighted by atomic mass is 10.1. The van der Waals surface area contributed by atoms with Crippen molar-refractivity contribution in [3.05, 3.63) is 74.2 Å². The van der Waals surface area contributed by atoms with E-state index in [2.05, 4.69) is 21.0 Å². The molecule has 7 nitrogen and oxygen atoms in total. The molecule has 2 aromatic carbocycles. The van der Waals surface area contributed by atoms with Crippen LogP contribution in [0.4, 0.5) is 5.69 Å². The van der Waals surface area contributed by atoms with Crippen LogP contribution in [0.2, 0.25) is 0 Å². The maximum Gasteiger partial charge on any atom is 0.269 e. The van der Waals surface area contributed by atoms with E-state index in [0.29, 0.717) is 11.5 Å². The average Bonchev–Trinajstić information content (AvgIpc) is 3.00. The molecule has 1 unspecified atom stereocenters. The molecule has 2 aromatic rings. The second kappa shape index (κ2) is 6.40. The highest BCUT2D eigenvalue weighted by atomic mass is 79.9. The van der Waals surface area contributed by atoms with Gasteiger partial charge in [-0.05, 0) is 30.3 Å². The maximum absolute atomic E-state index is 11.9. The Balaban J connectivity index is 1.92. The molecule has 1 aliphatic heterocycles. The second-order valence-electron chi connectivity index (χ2n) is 5.10. The highest BCUT2D eigenvalue weighted by Crippen LogP contribution is 2.31. The third kappa shape index (κ3) is 3.13. The SMILES string of the molecule is CC(=O)N1N=C(c2cccc(Br)c2)OC1c1ccc([N+](=O)[O-])cc1. The summed E-state index contributed by atoms with van der Waals surface area (Å²) < 4.78 is 6.69. The lowest BCUT2D eigenvalue weighted by molar-refractivity contribution is -0.384. The van der Waals surface area contributed by atoms with Gasteiger partial charge in [0.2, 0.25) is 18.0 Å². The number of carbonyl (C=O) groups is 1. The molecule has 1 atom stereocenters. The van der Waals surface area contributed by atoms with Crippen LogP contribution in [-0.4, -0.2) is 21.7 Å².